The van der Waals surface area contributed by atoms with E-state index in [-0.39, 0.29) is 6.04 Å². The van der Waals surface area contributed by atoms with Crippen LogP contribution in [0.25, 0.3) is 0 Å². The van der Waals surface area contributed by atoms with Gasteiger partial charge in [0, 0.05) is 19.4 Å². The minimum Gasteiger partial charge on any atom is -0.496 e. The third-order valence-electron chi connectivity index (χ3n) is 2.82. The summed E-state index contributed by atoms with van der Waals surface area (Å²) in [5, 5.41) is 0. The Morgan fingerprint density at radius 1 is 1.16 bits per heavy atom. The molecule has 102 valence electrons. The highest BCUT2D eigenvalue weighted by Gasteiger charge is 2.18. The molecule has 2 nitrogen and oxygen atoms in total. The molecule has 0 amide bonds. The zero-order valence-electron chi connectivity index (χ0n) is 10.3. The van der Waals surface area contributed by atoms with Gasteiger partial charge in [0.05, 0.1) is 16.9 Å². The lowest BCUT2D eigenvalue weighted by Crippen LogP contribution is -2.12. The second-order valence-electron chi connectivity index (χ2n) is 4.09. The van der Waals surface area contributed by atoms with Crippen LogP contribution in [0.3, 0.4) is 0 Å². The van der Waals surface area contributed by atoms with E-state index in [1.165, 1.54) is 0 Å². The Labute approximate surface area is 141 Å². The minimum atomic E-state index is -0.209. The Hall–Kier alpha value is 0.120. The number of aryl methyl sites for hydroxylation is 1. The summed E-state index contributed by atoms with van der Waals surface area (Å²) in [6, 6.07) is 5.85. The summed E-state index contributed by atoms with van der Waals surface area (Å²) >= 11 is 12.1. The first-order valence-electron chi connectivity index (χ1n) is 5.48. The van der Waals surface area contributed by atoms with E-state index in [1.807, 2.05) is 25.1 Å². The number of methoxy groups -OCH3 is 1. The molecule has 0 saturated heterocycles. The van der Waals surface area contributed by atoms with Crippen molar-refractivity contribution >= 4 is 59.1 Å². The van der Waals surface area contributed by atoms with Crippen LogP contribution in [-0.2, 0) is 0 Å². The molecule has 0 aliphatic heterocycles. The van der Waals surface area contributed by atoms with E-state index in [0.717, 1.165) is 34.5 Å². The summed E-state index contributed by atoms with van der Waals surface area (Å²) in [4.78, 5) is 1.08. The molecule has 1 aromatic carbocycles. The van der Waals surface area contributed by atoms with E-state index in [0.29, 0.717) is 0 Å². The van der Waals surface area contributed by atoms with Crippen molar-refractivity contribution < 1.29 is 4.74 Å². The van der Waals surface area contributed by atoms with E-state index in [9.17, 15) is 0 Å². The van der Waals surface area contributed by atoms with Gasteiger partial charge in [-0.15, -0.1) is 11.3 Å². The molecular weight excluding hydrogens is 458 g/mol. The van der Waals surface area contributed by atoms with Crippen LogP contribution in [0.15, 0.2) is 30.9 Å². The molecule has 1 unspecified atom stereocenters. The average molecular weight is 470 g/mol. The van der Waals surface area contributed by atoms with Crippen molar-refractivity contribution in [3.05, 3.63) is 46.9 Å². The number of thiophene rings is 1. The summed E-state index contributed by atoms with van der Waals surface area (Å²) in [5.41, 5.74) is 8.46. The standard InChI is InChI=1S/C13H12Br3NOS/c1-6-3-10(18-2)7(4-8(6)14)12(17)11-5-9(15)13(16)19-11/h3-5,12H,17H2,1-2H3. The summed E-state index contributed by atoms with van der Waals surface area (Å²) < 4.78 is 8.54. The van der Waals surface area contributed by atoms with Crippen LogP contribution in [0.2, 0.25) is 0 Å². The molecule has 0 saturated carbocycles. The monoisotopic (exact) mass is 467 g/mol. The molecule has 0 aliphatic rings. The fraction of sp³-hybridized carbons (Fsp3) is 0.231. The Kier molecular flexibility index (Phi) is 5.11. The van der Waals surface area contributed by atoms with Gasteiger partial charge < -0.3 is 10.5 Å². The summed E-state index contributed by atoms with van der Waals surface area (Å²) in [7, 11) is 1.67. The Bertz CT molecular complexity index is 593. The number of halogens is 3. The Morgan fingerprint density at radius 2 is 1.84 bits per heavy atom. The first-order valence-corrected chi connectivity index (χ1v) is 8.68. The molecule has 0 spiro atoms. The largest absolute Gasteiger partial charge is 0.496 e. The van der Waals surface area contributed by atoms with E-state index in [4.69, 9.17) is 10.5 Å². The summed E-state index contributed by atoms with van der Waals surface area (Å²) in [6.45, 7) is 2.03. The first-order chi connectivity index (χ1) is 8.93. The van der Waals surface area contributed by atoms with Crippen LogP contribution >= 0.6 is 59.1 Å². The van der Waals surface area contributed by atoms with Crippen molar-refractivity contribution in [3.8, 4) is 5.75 Å². The quantitative estimate of drug-likeness (QED) is 0.653. The molecular formula is C13H12Br3NOS. The third-order valence-corrected chi connectivity index (χ3v) is 7.01. The van der Waals surface area contributed by atoms with E-state index < -0.39 is 0 Å². The normalized spacial score (nSPS) is 12.5. The van der Waals surface area contributed by atoms with E-state index in [2.05, 4.69) is 47.8 Å². The van der Waals surface area contributed by atoms with Gasteiger partial charge in [-0.05, 0) is 62.5 Å². The SMILES string of the molecule is COc1cc(C)c(Br)cc1C(N)c1cc(Br)c(Br)s1. The van der Waals surface area contributed by atoms with Gasteiger partial charge in [0.2, 0.25) is 0 Å². The van der Waals surface area contributed by atoms with Crippen LogP contribution in [0.4, 0.5) is 0 Å². The lowest BCUT2D eigenvalue weighted by Gasteiger charge is -2.16. The lowest BCUT2D eigenvalue weighted by atomic mass is 10.0. The zero-order valence-corrected chi connectivity index (χ0v) is 15.9. The topological polar surface area (TPSA) is 35.2 Å². The Morgan fingerprint density at radius 3 is 2.37 bits per heavy atom. The van der Waals surface area contributed by atoms with Crippen molar-refractivity contribution in [2.24, 2.45) is 5.73 Å². The van der Waals surface area contributed by atoms with Crippen molar-refractivity contribution in [1.82, 2.24) is 0 Å². The number of ether oxygens (including phenoxy) is 1. The van der Waals surface area contributed by atoms with Crippen molar-refractivity contribution in [2.75, 3.05) is 7.11 Å². The number of hydrogen-bond acceptors (Lipinski definition) is 3. The zero-order chi connectivity index (χ0) is 14.2. The first kappa shape index (κ1) is 15.5. The summed E-state index contributed by atoms with van der Waals surface area (Å²) in [6.07, 6.45) is 0. The molecule has 0 fully saturated rings. The van der Waals surface area contributed by atoms with Crippen LogP contribution in [0.1, 0.15) is 22.0 Å². The molecule has 2 aromatic rings. The van der Waals surface area contributed by atoms with E-state index in [1.54, 1.807) is 18.4 Å². The molecule has 1 heterocycles. The third kappa shape index (κ3) is 3.24. The smallest absolute Gasteiger partial charge is 0.124 e. The highest BCUT2D eigenvalue weighted by molar-refractivity contribution is 9.13. The van der Waals surface area contributed by atoms with Crippen LogP contribution in [-0.4, -0.2) is 7.11 Å². The van der Waals surface area contributed by atoms with Crippen molar-refractivity contribution in [2.45, 2.75) is 13.0 Å². The van der Waals surface area contributed by atoms with E-state index >= 15 is 0 Å². The van der Waals surface area contributed by atoms with Crippen LogP contribution < -0.4 is 10.5 Å². The predicted octanol–water partition coefficient (Wildman–Crippen LogP) is 5.40. The minimum absolute atomic E-state index is 0.209. The number of hydrogen-bond donors (Lipinski definition) is 1. The van der Waals surface area contributed by atoms with Gasteiger partial charge in [0.15, 0.2) is 0 Å². The maximum atomic E-state index is 6.36. The number of rotatable bonds is 3. The second-order valence-corrected chi connectivity index (χ2v) is 8.20. The molecule has 2 N–H and O–H groups in total. The molecule has 6 heteroatoms. The molecule has 19 heavy (non-hydrogen) atoms. The van der Waals surface area contributed by atoms with Gasteiger partial charge in [-0.2, -0.15) is 0 Å². The maximum absolute atomic E-state index is 6.36. The van der Waals surface area contributed by atoms with Gasteiger partial charge in [0.1, 0.15) is 5.75 Å². The number of nitrogens with two attached hydrogens (primary N) is 1. The fourth-order valence-electron chi connectivity index (χ4n) is 1.76. The average Bonchev–Trinajstić information content (AvgIpc) is 2.71. The predicted molar refractivity (Wildman–Crippen MR) is 91.2 cm³/mol. The molecule has 0 aliphatic carbocycles. The Balaban J connectivity index is 2.48. The second kappa shape index (κ2) is 6.26. The molecule has 1 aromatic heterocycles. The van der Waals surface area contributed by atoms with Gasteiger partial charge in [-0.3, -0.25) is 0 Å². The van der Waals surface area contributed by atoms with Gasteiger partial charge >= 0.3 is 0 Å². The molecule has 0 radical (unpaired) electrons. The highest BCUT2D eigenvalue weighted by Crippen LogP contribution is 2.39. The molecule has 0 bridgehead atoms. The van der Waals surface area contributed by atoms with Crippen molar-refractivity contribution in [1.29, 1.82) is 0 Å². The lowest BCUT2D eigenvalue weighted by molar-refractivity contribution is 0.407. The maximum Gasteiger partial charge on any atom is 0.124 e. The fourth-order valence-corrected chi connectivity index (χ4v) is 4.23. The number of benzene rings is 1. The van der Waals surface area contributed by atoms with Gasteiger partial charge in [-0.1, -0.05) is 15.9 Å². The van der Waals surface area contributed by atoms with Gasteiger partial charge in [0.25, 0.3) is 0 Å². The van der Waals surface area contributed by atoms with Crippen LogP contribution in [0, 0.1) is 6.92 Å². The summed E-state index contributed by atoms with van der Waals surface area (Å²) in [5.74, 6) is 0.814. The highest BCUT2D eigenvalue weighted by atomic mass is 79.9. The van der Waals surface area contributed by atoms with Gasteiger partial charge in [-0.25, -0.2) is 0 Å². The van der Waals surface area contributed by atoms with Crippen LogP contribution in [0.5, 0.6) is 5.75 Å². The molecule has 2 rings (SSSR count). The molecule has 1 atom stereocenters. The van der Waals surface area contributed by atoms with Crippen molar-refractivity contribution in [3.63, 3.8) is 0 Å².